The van der Waals surface area contributed by atoms with Crippen LogP contribution in [-0.4, -0.2) is 40.7 Å². The maximum Gasteiger partial charge on any atom is 0.422 e. The fourth-order valence-electron chi connectivity index (χ4n) is 2.57. The van der Waals surface area contributed by atoms with Crippen LogP contribution < -0.4 is 9.47 Å². The molecule has 10 heteroatoms. The molecule has 0 bridgehead atoms. The molecule has 2 aromatic rings. The summed E-state index contributed by atoms with van der Waals surface area (Å²) < 4.78 is 46.4. The minimum absolute atomic E-state index is 0.0812. The number of pyridine rings is 2. The van der Waals surface area contributed by atoms with Gasteiger partial charge in [-0.3, -0.25) is 4.79 Å². The van der Waals surface area contributed by atoms with Crippen LogP contribution in [0.5, 0.6) is 11.8 Å². The molecule has 0 saturated carbocycles. The Morgan fingerprint density at radius 2 is 2.08 bits per heavy atom. The van der Waals surface area contributed by atoms with Gasteiger partial charge in [0.2, 0.25) is 11.8 Å². The summed E-state index contributed by atoms with van der Waals surface area (Å²) in [5, 5.41) is 0.263. The normalized spacial score (nSPS) is 13.7. The molecule has 6 nitrogen and oxygen atoms in total. The number of hydrogen-bond acceptors (Lipinski definition) is 5. The molecule has 2 aromatic heterocycles. The predicted octanol–water partition coefficient (Wildman–Crippen LogP) is 3.24. The number of carbonyl (C=O) groups excluding carboxylic acids is 1. The first-order valence-electron chi connectivity index (χ1n) is 7.44. The molecule has 1 aliphatic heterocycles. The Bertz CT molecular complexity index is 845. The summed E-state index contributed by atoms with van der Waals surface area (Å²) in [6, 6.07) is 4.40. The van der Waals surface area contributed by atoms with E-state index in [2.05, 4.69) is 14.7 Å². The van der Waals surface area contributed by atoms with Crippen LogP contribution in [0.15, 0.2) is 24.4 Å². The number of rotatable bonds is 5. The molecule has 0 spiro atoms. The van der Waals surface area contributed by atoms with E-state index in [-0.39, 0.29) is 35.9 Å². The number of ether oxygens (including phenoxy) is 2. The fraction of sp³-hybridized carbons (Fsp3) is 0.312. The molecule has 1 amide bonds. The van der Waals surface area contributed by atoms with Crippen LogP contribution in [0.4, 0.5) is 13.2 Å². The summed E-state index contributed by atoms with van der Waals surface area (Å²) in [6.45, 7) is -1.02. The van der Waals surface area contributed by atoms with Gasteiger partial charge < -0.3 is 14.4 Å². The zero-order valence-electron chi connectivity index (χ0n) is 13.5. The second-order valence-corrected chi connectivity index (χ2v) is 5.87. The smallest absolute Gasteiger partial charge is 0.422 e. The van der Waals surface area contributed by atoms with Gasteiger partial charge in [0, 0.05) is 29.0 Å². The van der Waals surface area contributed by atoms with Crippen molar-refractivity contribution in [2.45, 2.75) is 19.3 Å². The summed E-state index contributed by atoms with van der Waals surface area (Å²) in [6.07, 6.45) is -3.01. The zero-order valence-corrected chi connectivity index (χ0v) is 14.3. The number of nitrogens with zero attached hydrogens (tertiary/aromatic N) is 3. The lowest BCUT2D eigenvalue weighted by molar-refractivity contribution is -0.154. The first-order chi connectivity index (χ1) is 12.3. The maximum atomic E-state index is 12.5. The summed E-state index contributed by atoms with van der Waals surface area (Å²) in [5.74, 6) is -0.354. The fourth-order valence-corrected chi connectivity index (χ4v) is 2.79. The lowest BCUT2D eigenvalue weighted by Gasteiger charge is -2.18. The highest BCUT2D eigenvalue weighted by Crippen LogP contribution is 2.30. The number of halogens is 4. The van der Waals surface area contributed by atoms with Crippen LogP contribution in [0.1, 0.15) is 21.5 Å². The predicted molar refractivity (Wildman–Crippen MR) is 85.2 cm³/mol. The first-order valence-corrected chi connectivity index (χ1v) is 7.82. The Labute approximate surface area is 151 Å². The standard InChI is InChI=1S/C16H13ClF3N3O3/c1-25-14-9(2-3-12(22-14)26-8-16(18,19)20)6-23-7-11-10(15(23)24)4-5-21-13(11)17/h2-5H,6-8H2,1H3. The molecule has 3 rings (SSSR count). The van der Waals surface area contributed by atoms with Gasteiger partial charge in [0.15, 0.2) is 6.61 Å². The molecule has 3 heterocycles. The van der Waals surface area contributed by atoms with Crippen LogP contribution in [0.3, 0.4) is 0 Å². The molecule has 0 saturated heterocycles. The molecular formula is C16H13ClF3N3O3. The second-order valence-electron chi connectivity index (χ2n) is 5.51. The molecule has 138 valence electrons. The van der Waals surface area contributed by atoms with Gasteiger partial charge in [-0.05, 0) is 12.1 Å². The van der Waals surface area contributed by atoms with E-state index in [1.807, 2.05) is 0 Å². The average molecular weight is 388 g/mol. The van der Waals surface area contributed by atoms with Gasteiger partial charge in [-0.25, -0.2) is 4.98 Å². The maximum absolute atomic E-state index is 12.5. The topological polar surface area (TPSA) is 64.6 Å². The van der Waals surface area contributed by atoms with E-state index in [1.54, 1.807) is 6.07 Å². The van der Waals surface area contributed by atoms with E-state index in [1.165, 1.54) is 30.3 Å². The number of hydrogen-bond donors (Lipinski definition) is 0. The van der Waals surface area contributed by atoms with Crippen LogP contribution in [0, 0.1) is 0 Å². The highest BCUT2D eigenvalue weighted by molar-refractivity contribution is 6.30. The lowest BCUT2D eigenvalue weighted by atomic mass is 10.2. The quantitative estimate of drug-likeness (QED) is 0.737. The van der Waals surface area contributed by atoms with E-state index < -0.39 is 12.8 Å². The molecule has 0 atom stereocenters. The number of alkyl halides is 3. The van der Waals surface area contributed by atoms with Crippen molar-refractivity contribution in [3.8, 4) is 11.8 Å². The molecule has 0 radical (unpaired) electrons. The van der Waals surface area contributed by atoms with Crippen LogP contribution >= 0.6 is 11.6 Å². The van der Waals surface area contributed by atoms with Crippen molar-refractivity contribution in [2.24, 2.45) is 0 Å². The Balaban J connectivity index is 1.76. The Kier molecular flexibility index (Phi) is 4.90. The molecule has 26 heavy (non-hydrogen) atoms. The summed E-state index contributed by atoms with van der Waals surface area (Å²) in [4.78, 5) is 21.8. The molecule has 0 N–H and O–H groups in total. The minimum Gasteiger partial charge on any atom is -0.481 e. The molecule has 0 aliphatic carbocycles. The summed E-state index contributed by atoms with van der Waals surface area (Å²) in [7, 11) is 1.33. The third-order valence-corrected chi connectivity index (χ3v) is 4.05. The molecule has 0 unspecified atom stereocenters. The number of carbonyl (C=O) groups is 1. The van der Waals surface area contributed by atoms with E-state index >= 15 is 0 Å². The van der Waals surface area contributed by atoms with E-state index in [4.69, 9.17) is 16.3 Å². The van der Waals surface area contributed by atoms with Gasteiger partial charge >= 0.3 is 6.18 Å². The molecule has 0 fully saturated rings. The highest BCUT2D eigenvalue weighted by Gasteiger charge is 2.31. The van der Waals surface area contributed by atoms with Gasteiger partial charge in [0.25, 0.3) is 5.91 Å². The van der Waals surface area contributed by atoms with Gasteiger partial charge in [-0.2, -0.15) is 18.2 Å². The number of aromatic nitrogens is 2. The average Bonchev–Trinajstić information content (AvgIpc) is 2.91. The van der Waals surface area contributed by atoms with E-state index in [0.717, 1.165) is 0 Å². The van der Waals surface area contributed by atoms with Crippen molar-refractivity contribution in [1.82, 2.24) is 14.9 Å². The van der Waals surface area contributed by atoms with E-state index in [0.29, 0.717) is 16.7 Å². The van der Waals surface area contributed by atoms with Crippen molar-refractivity contribution >= 4 is 17.5 Å². The largest absolute Gasteiger partial charge is 0.481 e. The second kappa shape index (κ2) is 6.99. The Morgan fingerprint density at radius 1 is 1.31 bits per heavy atom. The van der Waals surface area contributed by atoms with Crippen molar-refractivity contribution in [2.75, 3.05) is 13.7 Å². The minimum atomic E-state index is -4.46. The van der Waals surface area contributed by atoms with Crippen molar-refractivity contribution < 1.29 is 27.4 Å². The van der Waals surface area contributed by atoms with E-state index in [9.17, 15) is 18.0 Å². The van der Waals surface area contributed by atoms with Gasteiger partial charge in [-0.15, -0.1) is 0 Å². The van der Waals surface area contributed by atoms with Crippen molar-refractivity contribution in [3.63, 3.8) is 0 Å². The van der Waals surface area contributed by atoms with Crippen LogP contribution in [0.25, 0.3) is 0 Å². The molecule has 1 aliphatic rings. The SMILES string of the molecule is COc1nc(OCC(F)(F)F)ccc1CN1Cc2c(ccnc2Cl)C1=O. The summed E-state index contributed by atoms with van der Waals surface area (Å²) in [5.41, 5.74) is 1.63. The van der Waals surface area contributed by atoms with Crippen LogP contribution in [0.2, 0.25) is 5.15 Å². The van der Waals surface area contributed by atoms with Crippen molar-refractivity contribution in [1.29, 1.82) is 0 Å². The zero-order chi connectivity index (χ0) is 18.9. The summed E-state index contributed by atoms with van der Waals surface area (Å²) >= 11 is 6.02. The van der Waals surface area contributed by atoms with Crippen LogP contribution in [-0.2, 0) is 13.1 Å². The van der Waals surface area contributed by atoms with Gasteiger partial charge in [-0.1, -0.05) is 11.6 Å². The first kappa shape index (κ1) is 18.2. The number of fused-ring (bicyclic) bond motifs is 1. The van der Waals surface area contributed by atoms with Crippen molar-refractivity contribution in [3.05, 3.63) is 46.2 Å². The monoisotopic (exact) mass is 387 g/mol. The highest BCUT2D eigenvalue weighted by atomic mass is 35.5. The molecule has 0 aromatic carbocycles. The third kappa shape index (κ3) is 3.82. The lowest BCUT2D eigenvalue weighted by Crippen LogP contribution is -2.24. The van der Waals surface area contributed by atoms with Gasteiger partial charge in [0.05, 0.1) is 20.2 Å². The third-order valence-electron chi connectivity index (χ3n) is 3.72. The van der Waals surface area contributed by atoms with Gasteiger partial charge in [0.1, 0.15) is 5.15 Å². The number of methoxy groups -OCH3 is 1. The Morgan fingerprint density at radius 3 is 2.73 bits per heavy atom. The Hall–Kier alpha value is -2.55. The number of amides is 1. The molecular weight excluding hydrogens is 375 g/mol.